The van der Waals surface area contributed by atoms with Crippen LogP contribution in [0.1, 0.15) is 63.7 Å². The van der Waals surface area contributed by atoms with Crippen LogP contribution in [0, 0.1) is 24.3 Å². The summed E-state index contributed by atoms with van der Waals surface area (Å²) in [6, 6.07) is 6.41. The van der Waals surface area contributed by atoms with Gasteiger partial charge in [-0.1, -0.05) is 39.8 Å². The molecule has 2 aromatic heterocycles. The van der Waals surface area contributed by atoms with Crippen LogP contribution in [-0.4, -0.2) is 66.0 Å². The van der Waals surface area contributed by atoms with E-state index < -0.39 is 22.1 Å². The molecule has 0 aliphatic heterocycles. The van der Waals surface area contributed by atoms with Gasteiger partial charge in [0.1, 0.15) is 17.5 Å². The zero-order chi connectivity index (χ0) is 32.9. The summed E-state index contributed by atoms with van der Waals surface area (Å²) >= 11 is 0. The molecular formula is C30H38N8O6S. The number of anilines is 1. The van der Waals surface area contributed by atoms with Gasteiger partial charge in [0.15, 0.2) is 11.5 Å². The first kappa shape index (κ1) is 33.3. The number of nitrogens with zero attached hydrogens (tertiary/aromatic N) is 5. The molecule has 1 amide bonds. The second kappa shape index (κ2) is 14.0. The number of rotatable bonds is 9. The van der Waals surface area contributed by atoms with Crippen molar-refractivity contribution >= 4 is 51.2 Å². The van der Waals surface area contributed by atoms with Crippen LogP contribution in [0.15, 0.2) is 34.3 Å². The van der Waals surface area contributed by atoms with Crippen molar-refractivity contribution in [2.24, 2.45) is 33.5 Å². The smallest absolute Gasteiger partial charge is 0.441 e. The monoisotopic (exact) mass is 638 g/mol. The normalized spacial score (nSPS) is 20.7. The summed E-state index contributed by atoms with van der Waals surface area (Å²) in [4.78, 5) is 43.0. The predicted octanol–water partition coefficient (Wildman–Crippen LogP) is 5.21. The van der Waals surface area contributed by atoms with E-state index in [-0.39, 0.29) is 71.0 Å². The highest BCUT2D eigenvalue weighted by atomic mass is 32.2. The maximum absolute atomic E-state index is 13.8. The first-order valence-electron chi connectivity index (χ1n) is 14.7. The Morgan fingerprint density at radius 3 is 2.60 bits per heavy atom. The molecule has 2 unspecified atom stereocenters. The fourth-order valence-electron chi connectivity index (χ4n) is 5.73. The van der Waals surface area contributed by atoms with Crippen LogP contribution in [0.5, 0.6) is 5.88 Å². The lowest BCUT2D eigenvalue weighted by Crippen LogP contribution is -2.37. The second-order valence-corrected chi connectivity index (χ2v) is 13.1. The van der Waals surface area contributed by atoms with Gasteiger partial charge >= 0.3 is 12.1 Å². The molecule has 240 valence electrons. The second-order valence-electron chi connectivity index (χ2n) is 11.4. The highest BCUT2D eigenvalue weighted by molar-refractivity contribution is 7.92. The largest absolute Gasteiger partial charge is 0.459 e. The Labute approximate surface area is 262 Å². The molecule has 1 aromatic carbocycles. The molecule has 14 nitrogen and oxygen atoms in total. The van der Waals surface area contributed by atoms with E-state index in [0.717, 1.165) is 19.1 Å². The average Bonchev–Trinajstić information content (AvgIpc) is 3.50. The lowest BCUT2D eigenvalue weighted by atomic mass is 9.75. The lowest BCUT2D eigenvalue weighted by molar-refractivity contribution is -0.0249. The number of aromatic nitrogens is 3. The van der Waals surface area contributed by atoms with E-state index in [4.69, 9.17) is 21.8 Å². The number of fused-ring (bicyclic) bond motifs is 1. The third-order valence-corrected chi connectivity index (χ3v) is 7.98. The fourth-order valence-corrected chi connectivity index (χ4v) is 6.28. The van der Waals surface area contributed by atoms with Crippen molar-refractivity contribution in [2.75, 3.05) is 17.5 Å². The van der Waals surface area contributed by atoms with E-state index in [1.165, 1.54) is 4.52 Å². The number of amidine groups is 1. The van der Waals surface area contributed by atoms with Crippen LogP contribution in [0.2, 0.25) is 0 Å². The number of hydrogen-bond acceptors (Lipinski definition) is 8. The van der Waals surface area contributed by atoms with Gasteiger partial charge in [0.2, 0.25) is 15.9 Å². The zero-order valence-corrected chi connectivity index (χ0v) is 26.7. The molecular weight excluding hydrogens is 600 g/mol. The maximum Gasteiger partial charge on any atom is 0.441 e. The molecule has 2 atom stereocenters. The van der Waals surface area contributed by atoms with Crippen molar-refractivity contribution in [1.29, 1.82) is 0 Å². The summed E-state index contributed by atoms with van der Waals surface area (Å²) in [7, 11) is -3.55. The van der Waals surface area contributed by atoms with E-state index in [1.54, 1.807) is 30.5 Å². The first-order valence-corrected chi connectivity index (χ1v) is 16.6. The molecule has 4 rings (SSSR count). The summed E-state index contributed by atoms with van der Waals surface area (Å²) in [6.45, 7) is 16.2. The summed E-state index contributed by atoms with van der Waals surface area (Å²) in [5.74, 6) is -0.0469. The summed E-state index contributed by atoms with van der Waals surface area (Å²) in [6.07, 6.45) is 3.76. The van der Waals surface area contributed by atoms with Crippen molar-refractivity contribution in [1.82, 2.24) is 14.6 Å². The van der Waals surface area contributed by atoms with Gasteiger partial charge in [0, 0.05) is 23.9 Å². The molecule has 0 radical (unpaired) electrons. The van der Waals surface area contributed by atoms with Gasteiger partial charge in [-0.25, -0.2) is 37.3 Å². The molecule has 1 fully saturated rings. The molecule has 0 spiro atoms. The summed E-state index contributed by atoms with van der Waals surface area (Å²) in [5, 5.41) is 2.97. The van der Waals surface area contributed by atoms with Gasteiger partial charge < -0.3 is 15.2 Å². The van der Waals surface area contributed by atoms with Gasteiger partial charge in [-0.15, -0.1) is 0 Å². The van der Waals surface area contributed by atoms with Gasteiger partial charge in [-0.2, -0.15) is 4.99 Å². The Hall–Kier alpha value is -4.55. The van der Waals surface area contributed by atoms with Crippen molar-refractivity contribution in [2.45, 2.75) is 59.5 Å². The average molecular weight is 639 g/mol. The number of nitrogens with one attached hydrogen (secondary N) is 2. The number of nitrogens with two attached hydrogens (primary N) is 1. The summed E-state index contributed by atoms with van der Waals surface area (Å²) < 4.78 is 38.8. The number of carbonyl (C=O) groups is 2. The topological polar surface area (TPSA) is 187 Å². The van der Waals surface area contributed by atoms with E-state index in [1.807, 2.05) is 20.8 Å². The van der Waals surface area contributed by atoms with Crippen LogP contribution in [0.3, 0.4) is 0 Å². The molecule has 2 heterocycles. The van der Waals surface area contributed by atoms with Crippen LogP contribution in [-0.2, 0) is 14.8 Å². The number of amides is 1. The number of ether oxygens (including phenoxy) is 2. The number of benzene rings is 1. The Morgan fingerprint density at radius 2 is 1.98 bits per heavy atom. The van der Waals surface area contributed by atoms with Crippen LogP contribution in [0.25, 0.3) is 21.9 Å². The maximum atomic E-state index is 13.8. The third-order valence-electron chi connectivity index (χ3n) is 7.38. The fraction of sp³-hybridized carbons (Fsp3) is 0.467. The highest BCUT2D eigenvalue weighted by Crippen LogP contribution is 2.41. The number of esters is 1. The number of sulfonamides is 1. The van der Waals surface area contributed by atoms with Crippen LogP contribution in [0.4, 0.5) is 16.2 Å². The minimum absolute atomic E-state index is 0.00933. The molecule has 0 bridgehead atoms. The number of carbonyl (C=O) groups excluding carboxylic acids is 2. The Morgan fingerprint density at radius 1 is 1.27 bits per heavy atom. The standard InChI is InChI=1S/C30H38N8O6S/c1-7-13-33-22(11-12-31)34-30(40)44-28-24(32-5)23(29(39)43-25-18(3)14-17(2)15-19(25)4)27-35-26(36-38(27)28)20-9-8-10-21(16-20)37-45(6,41)42/h8-10,13,16-19,25,37H,7,11-12,14-15,31H2,1-4,6H3,(H,35,36). The van der Waals surface area contributed by atoms with Crippen molar-refractivity contribution < 1.29 is 27.5 Å². The van der Waals surface area contributed by atoms with Crippen LogP contribution >= 0.6 is 0 Å². The van der Waals surface area contributed by atoms with Gasteiger partial charge in [0.05, 0.1) is 12.8 Å². The quantitative estimate of drug-likeness (QED) is 0.123. The SMILES string of the molecule is [C-]#[N+]c1c(C(=O)OC2C(C)CC(C)CC2C)c2nc(-c3cccc(NS(C)(=O)=O)c3)[nH]n2c1OC(=O)N=C(CCN)N=CCC. The molecule has 1 aliphatic carbocycles. The molecule has 1 aliphatic rings. The van der Waals surface area contributed by atoms with Crippen molar-refractivity contribution in [3.05, 3.63) is 41.2 Å². The molecule has 45 heavy (non-hydrogen) atoms. The zero-order valence-electron chi connectivity index (χ0n) is 25.9. The minimum Gasteiger partial charge on any atom is -0.459 e. The summed E-state index contributed by atoms with van der Waals surface area (Å²) in [5.41, 5.74) is 5.92. The van der Waals surface area contributed by atoms with Gasteiger partial charge in [-0.05, 0) is 55.7 Å². The number of hydrogen-bond donors (Lipinski definition) is 3. The molecule has 15 heteroatoms. The first-order chi connectivity index (χ1) is 21.3. The van der Waals surface area contributed by atoms with Crippen LogP contribution < -0.4 is 15.2 Å². The van der Waals surface area contributed by atoms with E-state index in [2.05, 4.69) is 36.6 Å². The molecule has 3 aromatic rings. The molecule has 4 N–H and O–H groups in total. The van der Waals surface area contributed by atoms with E-state index >= 15 is 0 Å². The predicted molar refractivity (Wildman–Crippen MR) is 172 cm³/mol. The Bertz CT molecular complexity index is 1770. The number of aromatic amines is 1. The minimum atomic E-state index is -3.55. The van der Waals surface area contributed by atoms with Crippen molar-refractivity contribution in [3.63, 3.8) is 0 Å². The molecule has 0 saturated heterocycles. The Kier molecular flexibility index (Phi) is 10.4. The number of H-pyrrole nitrogens is 1. The van der Waals surface area contributed by atoms with E-state index in [0.29, 0.717) is 17.9 Å². The number of aliphatic imine (C=N–C) groups is 2. The van der Waals surface area contributed by atoms with E-state index in [9.17, 15) is 18.0 Å². The lowest BCUT2D eigenvalue weighted by Gasteiger charge is -2.37. The third kappa shape index (κ3) is 7.95. The van der Waals surface area contributed by atoms with Crippen molar-refractivity contribution in [3.8, 4) is 17.3 Å². The van der Waals surface area contributed by atoms with Gasteiger partial charge in [0.25, 0.3) is 5.69 Å². The Balaban J connectivity index is 1.82. The molecule has 1 saturated carbocycles. The highest BCUT2D eigenvalue weighted by Gasteiger charge is 2.37. The van der Waals surface area contributed by atoms with Gasteiger partial charge in [-0.3, -0.25) is 9.82 Å².